The van der Waals surface area contributed by atoms with Gasteiger partial charge in [-0.1, -0.05) is 139 Å². The number of thiophene rings is 1. The molecule has 2 nitrogen and oxygen atoms in total. The fourth-order valence-corrected chi connectivity index (χ4v) is 8.15. The predicted molar refractivity (Wildman–Crippen MR) is 218 cm³/mol. The maximum Gasteiger partial charge on any atom is 0.135 e. The summed E-state index contributed by atoms with van der Waals surface area (Å²) in [6.07, 6.45) is 0. The van der Waals surface area contributed by atoms with Gasteiger partial charge in [-0.2, -0.15) is 0 Å². The summed E-state index contributed by atoms with van der Waals surface area (Å²) in [5.74, 6) is 0. The second kappa shape index (κ2) is 12.2. The topological polar surface area (TPSA) is 16.4 Å². The maximum absolute atomic E-state index is 9.34. The highest BCUT2D eigenvalue weighted by Crippen LogP contribution is 2.50. The summed E-state index contributed by atoms with van der Waals surface area (Å²) in [6, 6.07) is 47.3. The van der Waals surface area contributed by atoms with Crippen LogP contribution in [0.3, 0.4) is 0 Å². The first-order chi connectivity index (χ1) is 28.2. The van der Waals surface area contributed by atoms with E-state index in [2.05, 4.69) is 89.8 Å². The van der Waals surface area contributed by atoms with Gasteiger partial charge in [-0.3, -0.25) is 0 Å². The van der Waals surface area contributed by atoms with Gasteiger partial charge in [-0.15, -0.1) is 11.3 Å². The second-order valence-corrected chi connectivity index (χ2v) is 13.4. The zero-order valence-corrected chi connectivity index (χ0v) is 27.9. The number of para-hydroxylation sites is 1. The molecular formula is C48H31NOS. The van der Waals surface area contributed by atoms with Gasteiger partial charge >= 0.3 is 0 Å². The van der Waals surface area contributed by atoms with Gasteiger partial charge in [0.05, 0.1) is 20.0 Å². The number of furan rings is 1. The Hall–Kier alpha value is -6.42. The van der Waals surface area contributed by atoms with E-state index in [1.165, 1.54) is 10.1 Å². The van der Waals surface area contributed by atoms with E-state index in [9.17, 15) is 1.37 Å². The molecule has 3 heteroatoms. The molecule has 0 unspecified atom stereocenters. The molecule has 240 valence electrons. The molecular weight excluding hydrogens is 639 g/mol. The van der Waals surface area contributed by atoms with Crippen molar-refractivity contribution >= 4 is 70.5 Å². The summed E-state index contributed by atoms with van der Waals surface area (Å²) in [6.45, 7) is 0. The molecule has 10 rings (SSSR count). The lowest BCUT2D eigenvalue weighted by Crippen LogP contribution is -2.11. The van der Waals surface area contributed by atoms with E-state index in [-0.39, 0.29) is 57.7 Å². The van der Waals surface area contributed by atoms with Gasteiger partial charge in [-0.25, -0.2) is 0 Å². The number of nitrogens with zero attached hydrogens (tertiary/aromatic N) is 1. The minimum absolute atomic E-state index is 0.0346. The van der Waals surface area contributed by atoms with Crippen molar-refractivity contribution < 1.29 is 14.0 Å². The number of anilines is 3. The van der Waals surface area contributed by atoms with Crippen molar-refractivity contribution in [1.82, 2.24) is 0 Å². The van der Waals surface area contributed by atoms with Crippen LogP contribution in [0, 0.1) is 0 Å². The van der Waals surface area contributed by atoms with Gasteiger partial charge in [-0.05, 0) is 76.3 Å². The summed E-state index contributed by atoms with van der Waals surface area (Å²) in [5.41, 5.74) is 7.58. The average Bonchev–Trinajstić information content (AvgIpc) is 3.86. The van der Waals surface area contributed by atoms with Crippen LogP contribution < -0.4 is 4.90 Å². The summed E-state index contributed by atoms with van der Waals surface area (Å²) < 4.78 is 68.9. The number of benzene rings is 8. The number of hydrogen-bond donors (Lipinski definition) is 0. The Morgan fingerprint density at radius 1 is 0.451 bits per heavy atom. The largest absolute Gasteiger partial charge is 0.456 e. The zero-order valence-electron chi connectivity index (χ0n) is 34.1. The van der Waals surface area contributed by atoms with Crippen LogP contribution in [-0.2, 0) is 0 Å². The number of hydrogen-bond acceptors (Lipinski definition) is 3. The first kappa shape index (κ1) is 23.1. The monoisotopic (exact) mass is 676 g/mol. The smallest absolute Gasteiger partial charge is 0.135 e. The lowest BCUT2D eigenvalue weighted by atomic mass is 9.98. The van der Waals surface area contributed by atoms with Crippen molar-refractivity contribution in [3.8, 4) is 33.4 Å². The minimum Gasteiger partial charge on any atom is -0.456 e. The molecule has 10 aromatic rings. The van der Waals surface area contributed by atoms with E-state index < -0.39 is 12.1 Å². The van der Waals surface area contributed by atoms with E-state index in [0.717, 1.165) is 49.4 Å². The molecule has 0 atom stereocenters. The first-order valence-electron chi connectivity index (χ1n) is 20.2. The number of fused-ring (bicyclic) bond motifs is 6. The summed E-state index contributed by atoms with van der Waals surface area (Å²) in [7, 11) is 0. The molecule has 0 aliphatic rings. The molecule has 0 aliphatic heterocycles. The molecule has 8 aromatic carbocycles. The van der Waals surface area contributed by atoms with Crippen LogP contribution in [0.25, 0.3) is 75.5 Å². The second-order valence-electron chi connectivity index (χ2n) is 12.4. The Kier molecular flexibility index (Phi) is 5.50. The fourth-order valence-electron chi connectivity index (χ4n) is 6.91. The molecule has 51 heavy (non-hydrogen) atoms. The van der Waals surface area contributed by atoms with Gasteiger partial charge in [0.2, 0.25) is 0 Å². The Morgan fingerprint density at radius 2 is 1.06 bits per heavy atom. The molecule has 0 saturated carbocycles. The van der Waals surface area contributed by atoms with Crippen LogP contribution in [-0.4, -0.2) is 0 Å². The van der Waals surface area contributed by atoms with Crippen molar-refractivity contribution in [2.45, 2.75) is 0 Å². The van der Waals surface area contributed by atoms with Crippen molar-refractivity contribution in [3.05, 3.63) is 188 Å². The van der Waals surface area contributed by atoms with Gasteiger partial charge in [0, 0.05) is 43.2 Å². The summed E-state index contributed by atoms with van der Waals surface area (Å²) >= 11 is 1.75. The Labute approximate surface area is 309 Å². The maximum atomic E-state index is 9.34. The SMILES string of the molecule is [2H]c1c([2H])c([2H])c2c(oc3c([2H])c([2H])c(-c4ccc(N(c5ccc(-c6ccccc6)cc5)c5c(-c6ccccc6)ccc6c5sc5ccccc56)cc4)c([2H])c32)c1[2H]. The van der Waals surface area contributed by atoms with Gasteiger partial charge < -0.3 is 9.32 Å². The van der Waals surface area contributed by atoms with Crippen LogP contribution >= 0.6 is 11.3 Å². The normalized spacial score (nSPS) is 13.5. The summed E-state index contributed by atoms with van der Waals surface area (Å²) in [5, 5.41) is 2.46. The van der Waals surface area contributed by atoms with E-state index in [1.54, 1.807) is 11.3 Å². The number of rotatable bonds is 6. The van der Waals surface area contributed by atoms with Crippen LogP contribution in [0.2, 0.25) is 0 Å². The molecule has 0 bridgehead atoms. The predicted octanol–water partition coefficient (Wildman–Crippen LogP) is 14.4. The third kappa shape index (κ3) is 5.10. The summed E-state index contributed by atoms with van der Waals surface area (Å²) in [4.78, 5) is 2.26. The van der Waals surface area contributed by atoms with Gasteiger partial charge in [0.15, 0.2) is 0 Å². The molecule has 0 aliphatic carbocycles. The van der Waals surface area contributed by atoms with Crippen molar-refractivity contribution in [2.24, 2.45) is 0 Å². The van der Waals surface area contributed by atoms with E-state index in [1.807, 2.05) is 60.7 Å². The molecule has 0 N–H and O–H groups in total. The quantitative estimate of drug-likeness (QED) is 0.174. The Balaban J connectivity index is 1.20. The van der Waals surface area contributed by atoms with Crippen LogP contribution in [0.15, 0.2) is 192 Å². The third-order valence-electron chi connectivity index (χ3n) is 9.36. The standard InChI is InChI=1S/C48H31NOS/c1-3-11-32(12-4-1)33-19-24-37(25-20-33)49(38-26-21-34(22-27-38)36-23-30-45-43(31-36)40-15-7-9-17-44(40)50-45)47-39(35-13-5-2-6-14-35)28-29-42-41-16-8-10-18-46(41)51-48(42)47/h1-31H/i7D,9D,15D,17D,23D,30D,31D. The van der Waals surface area contributed by atoms with E-state index in [0.29, 0.717) is 5.56 Å². The van der Waals surface area contributed by atoms with Crippen molar-refractivity contribution in [1.29, 1.82) is 0 Å². The minimum atomic E-state index is -0.461. The highest BCUT2D eigenvalue weighted by molar-refractivity contribution is 7.26. The van der Waals surface area contributed by atoms with Crippen LogP contribution in [0.4, 0.5) is 17.1 Å². The lowest BCUT2D eigenvalue weighted by Gasteiger charge is -2.29. The lowest BCUT2D eigenvalue weighted by molar-refractivity contribution is 0.669. The highest BCUT2D eigenvalue weighted by Gasteiger charge is 2.23. The Morgan fingerprint density at radius 3 is 1.80 bits per heavy atom. The van der Waals surface area contributed by atoms with Gasteiger partial charge in [0.25, 0.3) is 0 Å². The van der Waals surface area contributed by atoms with Gasteiger partial charge in [0.1, 0.15) is 11.2 Å². The fraction of sp³-hybridized carbons (Fsp3) is 0. The van der Waals surface area contributed by atoms with Crippen LogP contribution in [0.1, 0.15) is 9.60 Å². The average molecular weight is 677 g/mol. The molecule has 0 fully saturated rings. The molecule has 2 aromatic heterocycles. The zero-order chi connectivity index (χ0) is 39.8. The Bertz CT molecular complexity index is 3240. The van der Waals surface area contributed by atoms with Crippen molar-refractivity contribution in [2.75, 3.05) is 4.90 Å². The van der Waals surface area contributed by atoms with E-state index >= 15 is 0 Å². The molecule has 2 heterocycles. The molecule has 0 amide bonds. The third-order valence-corrected chi connectivity index (χ3v) is 10.6. The molecule has 0 saturated heterocycles. The first-order valence-corrected chi connectivity index (χ1v) is 17.5. The molecule has 0 radical (unpaired) electrons. The van der Waals surface area contributed by atoms with Crippen LogP contribution in [0.5, 0.6) is 0 Å². The molecule has 0 spiro atoms. The highest BCUT2D eigenvalue weighted by atomic mass is 32.1. The van der Waals surface area contributed by atoms with Crippen molar-refractivity contribution in [3.63, 3.8) is 0 Å². The van der Waals surface area contributed by atoms with E-state index in [4.69, 9.17) is 12.6 Å².